The Morgan fingerprint density at radius 2 is 2.04 bits per heavy atom. The van der Waals surface area contributed by atoms with E-state index in [0.717, 1.165) is 36.6 Å². The highest BCUT2D eigenvalue weighted by Gasteiger charge is 2.26. The number of piperidine rings is 1. The Labute approximate surface area is 155 Å². The second-order valence-electron chi connectivity index (χ2n) is 8.08. The average molecular weight is 355 g/mol. The molecule has 1 aliphatic heterocycles. The van der Waals surface area contributed by atoms with E-state index < -0.39 is 0 Å². The molecule has 1 fully saturated rings. The molecule has 1 saturated heterocycles. The van der Waals surface area contributed by atoms with Gasteiger partial charge in [-0.25, -0.2) is 0 Å². The Bertz CT molecular complexity index is 729. The van der Waals surface area contributed by atoms with Crippen molar-refractivity contribution in [3.05, 3.63) is 30.1 Å². The van der Waals surface area contributed by atoms with Gasteiger partial charge in [-0.2, -0.15) is 5.10 Å². The van der Waals surface area contributed by atoms with Gasteiger partial charge in [-0.05, 0) is 50.4 Å². The summed E-state index contributed by atoms with van der Waals surface area (Å²) in [5, 5.41) is 10.1. The molecule has 6 nitrogen and oxygen atoms in total. The summed E-state index contributed by atoms with van der Waals surface area (Å²) in [4.78, 5) is 19.2. The molecule has 6 heteroatoms. The lowest BCUT2D eigenvalue weighted by Crippen LogP contribution is -2.39. The van der Waals surface area contributed by atoms with E-state index in [1.807, 2.05) is 25.1 Å². The summed E-state index contributed by atoms with van der Waals surface area (Å²) < 4.78 is 0. The molecule has 2 N–H and O–H groups in total. The summed E-state index contributed by atoms with van der Waals surface area (Å²) in [7, 11) is 0. The summed E-state index contributed by atoms with van der Waals surface area (Å²) in [5.74, 6) is 0.562. The molecular weight excluding hydrogens is 326 g/mol. The number of nitrogens with one attached hydrogen (secondary N) is 2. The van der Waals surface area contributed by atoms with Crippen molar-refractivity contribution in [3.8, 4) is 11.3 Å². The van der Waals surface area contributed by atoms with Crippen LogP contribution in [0.3, 0.4) is 0 Å². The zero-order valence-electron chi connectivity index (χ0n) is 16.0. The molecule has 1 amide bonds. The number of nitrogens with zero attached hydrogens (tertiary/aromatic N) is 3. The number of aromatic amines is 1. The maximum atomic E-state index is 12.5. The second kappa shape index (κ2) is 7.99. The zero-order chi connectivity index (χ0) is 18.6. The molecule has 0 bridgehead atoms. The van der Waals surface area contributed by atoms with E-state index in [1.54, 1.807) is 6.20 Å². The number of carbonyl (C=O) groups is 1. The number of likely N-dealkylation sites (tertiary alicyclic amines) is 1. The maximum Gasteiger partial charge on any atom is 0.226 e. The smallest absolute Gasteiger partial charge is 0.226 e. The highest BCUT2D eigenvalue weighted by atomic mass is 16.1. The van der Waals surface area contributed by atoms with Crippen LogP contribution in [0.2, 0.25) is 0 Å². The van der Waals surface area contributed by atoms with Crippen molar-refractivity contribution >= 4 is 11.7 Å². The minimum Gasteiger partial charge on any atom is -0.309 e. The molecule has 140 valence electrons. The molecule has 0 aromatic carbocycles. The van der Waals surface area contributed by atoms with Gasteiger partial charge in [-0.1, -0.05) is 20.3 Å². The topological polar surface area (TPSA) is 73.9 Å². The van der Waals surface area contributed by atoms with Crippen LogP contribution in [0.4, 0.5) is 5.82 Å². The first-order valence-corrected chi connectivity index (χ1v) is 9.42. The molecule has 0 atom stereocenters. The molecule has 0 unspecified atom stereocenters. The molecule has 0 saturated carbocycles. The summed E-state index contributed by atoms with van der Waals surface area (Å²) in [5.41, 5.74) is 2.72. The van der Waals surface area contributed by atoms with Crippen molar-refractivity contribution < 1.29 is 4.79 Å². The summed E-state index contributed by atoms with van der Waals surface area (Å²) in [6.45, 7) is 9.54. The van der Waals surface area contributed by atoms with Crippen molar-refractivity contribution in [2.24, 2.45) is 5.41 Å². The fourth-order valence-electron chi connectivity index (χ4n) is 3.56. The van der Waals surface area contributed by atoms with Crippen molar-refractivity contribution in [2.75, 3.05) is 25.0 Å². The quantitative estimate of drug-likeness (QED) is 0.830. The largest absolute Gasteiger partial charge is 0.309 e. The van der Waals surface area contributed by atoms with Crippen LogP contribution in [0, 0.1) is 12.3 Å². The summed E-state index contributed by atoms with van der Waals surface area (Å²) >= 11 is 0. The lowest BCUT2D eigenvalue weighted by molar-refractivity contribution is -0.118. The van der Waals surface area contributed by atoms with Crippen molar-refractivity contribution in [2.45, 2.75) is 46.5 Å². The number of aromatic nitrogens is 3. The number of pyridine rings is 1. The van der Waals surface area contributed by atoms with Crippen LogP contribution in [0.5, 0.6) is 0 Å². The molecule has 0 spiro atoms. The third-order valence-corrected chi connectivity index (χ3v) is 4.81. The van der Waals surface area contributed by atoms with Crippen LogP contribution in [0.1, 0.15) is 45.2 Å². The molecule has 0 radical (unpaired) electrons. The molecule has 2 aromatic rings. The zero-order valence-corrected chi connectivity index (χ0v) is 16.0. The SMILES string of the molecule is Cc1ccc(-c2cc(NC(=O)CC(C)(C)CN3CCCCC3)n[nH]2)cn1. The Morgan fingerprint density at radius 3 is 2.73 bits per heavy atom. The number of carbonyl (C=O) groups excluding carboxylic acids is 1. The van der Waals surface area contributed by atoms with Crippen LogP contribution in [0.25, 0.3) is 11.3 Å². The predicted octanol–water partition coefficient (Wildman–Crippen LogP) is 3.62. The van der Waals surface area contributed by atoms with Crippen LogP contribution in [-0.4, -0.2) is 45.6 Å². The average Bonchev–Trinajstić information content (AvgIpc) is 3.03. The lowest BCUT2D eigenvalue weighted by Gasteiger charge is -2.34. The van der Waals surface area contributed by atoms with Gasteiger partial charge in [-0.15, -0.1) is 0 Å². The number of aryl methyl sites for hydroxylation is 1. The van der Waals surface area contributed by atoms with Crippen LogP contribution in [-0.2, 0) is 4.79 Å². The predicted molar refractivity (Wildman–Crippen MR) is 104 cm³/mol. The van der Waals surface area contributed by atoms with E-state index in [2.05, 4.69) is 39.2 Å². The molecule has 26 heavy (non-hydrogen) atoms. The van der Waals surface area contributed by atoms with Gasteiger partial charge in [0.05, 0.1) is 5.69 Å². The normalized spacial score (nSPS) is 15.8. The number of rotatable bonds is 6. The highest BCUT2D eigenvalue weighted by molar-refractivity contribution is 5.90. The molecular formula is C20H29N5O. The number of anilines is 1. The first kappa shape index (κ1) is 18.6. The third kappa shape index (κ3) is 5.14. The van der Waals surface area contributed by atoms with Crippen molar-refractivity contribution in [3.63, 3.8) is 0 Å². The monoisotopic (exact) mass is 355 g/mol. The Kier molecular flexibility index (Phi) is 5.71. The Balaban J connectivity index is 1.55. The van der Waals surface area contributed by atoms with Crippen LogP contribution in [0.15, 0.2) is 24.4 Å². The van der Waals surface area contributed by atoms with E-state index in [1.165, 1.54) is 19.3 Å². The molecule has 3 rings (SSSR count). The first-order valence-electron chi connectivity index (χ1n) is 9.42. The first-order chi connectivity index (χ1) is 12.4. The third-order valence-electron chi connectivity index (χ3n) is 4.81. The van der Waals surface area contributed by atoms with E-state index in [0.29, 0.717) is 12.2 Å². The van der Waals surface area contributed by atoms with Gasteiger partial charge in [0.1, 0.15) is 0 Å². The van der Waals surface area contributed by atoms with Gasteiger partial charge in [0.15, 0.2) is 5.82 Å². The standard InChI is InChI=1S/C20H29N5O/c1-15-7-8-16(13-21-15)17-11-18(24-23-17)22-19(26)12-20(2,3)14-25-9-5-4-6-10-25/h7-8,11,13H,4-6,9-10,12,14H2,1-3H3,(H2,22,23,24,26). The molecule has 0 aliphatic carbocycles. The summed E-state index contributed by atoms with van der Waals surface area (Å²) in [6, 6.07) is 5.79. The molecule has 3 heterocycles. The highest BCUT2D eigenvalue weighted by Crippen LogP contribution is 2.25. The number of hydrogen-bond donors (Lipinski definition) is 2. The number of hydrogen-bond acceptors (Lipinski definition) is 4. The van der Waals surface area contributed by atoms with E-state index in [4.69, 9.17) is 0 Å². The fourth-order valence-corrected chi connectivity index (χ4v) is 3.56. The van der Waals surface area contributed by atoms with Crippen LogP contribution >= 0.6 is 0 Å². The van der Waals surface area contributed by atoms with Gasteiger partial charge in [0, 0.05) is 36.5 Å². The molecule has 1 aliphatic rings. The van der Waals surface area contributed by atoms with E-state index in [-0.39, 0.29) is 11.3 Å². The number of H-pyrrole nitrogens is 1. The van der Waals surface area contributed by atoms with Gasteiger partial charge >= 0.3 is 0 Å². The van der Waals surface area contributed by atoms with Crippen molar-refractivity contribution in [1.29, 1.82) is 0 Å². The van der Waals surface area contributed by atoms with Crippen molar-refractivity contribution in [1.82, 2.24) is 20.1 Å². The maximum absolute atomic E-state index is 12.5. The second-order valence-corrected chi connectivity index (χ2v) is 8.08. The molecule has 2 aromatic heterocycles. The van der Waals surface area contributed by atoms with E-state index >= 15 is 0 Å². The number of amides is 1. The fraction of sp³-hybridized carbons (Fsp3) is 0.550. The Hall–Kier alpha value is -2.21. The van der Waals surface area contributed by atoms with Gasteiger partial charge in [0.25, 0.3) is 0 Å². The summed E-state index contributed by atoms with van der Waals surface area (Å²) in [6.07, 6.45) is 6.15. The van der Waals surface area contributed by atoms with Gasteiger partial charge < -0.3 is 10.2 Å². The van der Waals surface area contributed by atoms with Gasteiger partial charge in [-0.3, -0.25) is 14.9 Å². The van der Waals surface area contributed by atoms with Crippen LogP contribution < -0.4 is 5.32 Å². The minimum atomic E-state index is -0.0541. The lowest BCUT2D eigenvalue weighted by atomic mass is 9.87. The Morgan fingerprint density at radius 1 is 1.27 bits per heavy atom. The van der Waals surface area contributed by atoms with E-state index in [9.17, 15) is 4.79 Å². The minimum absolute atomic E-state index is 0.00657. The van der Waals surface area contributed by atoms with Gasteiger partial charge in [0.2, 0.25) is 5.91 Å².